The maximum atomic E-state index is 12.0. The molecule has 0 amide bonds. The Hall–Kier alpha value is -2.63. The molecular weight excluding hydrogens is 308 g/mol. The molecule has 0 radical (unpaired) electrons. The van der Waals surface area contributed by atoms with Crippen molar-refractivity contribution in [3.63, 3.8) is 0 Å². The van der Waals surface area contributed by atoms with Gasteiger partial charge in [0.2, 0.25) is 0 Å². The Kier molecular flexibility index (Phi) is 5.73. The first-order chi connectivity index (χ1) is 11.5. The van der Waals surface area contributed by atoms with Gasteiger partial charge in [-0.1, -0.05) is 0 Å². The predicted octanol–water partition coefficient (Wildman–Crippen LogP) is 3.44. The normalized spacial score (nSPS) is 10.4. The highest BCUT2D eigenvalue weighted by atomic mass is 16.5. The van der Waals surface area contributed by atoms with E-state index in [4.69, 9.17) is 14.2 Å². The van der Waals surface area contributed by atoms with Crippen molar-refractivity contribution in [3.8, 4) is 11.5 Å². The molecule has 2 aromatic rings. The summed E-state index contributed by atoms with van der Waals surface area (Å²) in [6, 6.07) is 5.57. The number of hydrogen-bond acceptors (Lipinski definition) is 5. The Morgan fingerprint density at radius 2 is 1.96 bits per heavy atom. The second-order valence-electron chi connectivity index (χ2n) is 5.37. The summed E-state index contributed by atoms with van der Waals surface area (Å²) in [5.74, 6) is 1.14. The van der Waals surface area contributed by atoms with Crippen LogP contribution in [0.25, 0.3) is 0 Å². The third-order valence-corrected chi connectivity index (χ3v) is 3.93. The minimum atomic E-state index is -0.330. The number of esters is 1. The quantitative estimate of drug-likeness (QED) is 0.760. The van der Waals surface area contributed by atoms with E-state index >= 15 is 0 Å². The number of benzene rings is 1. The van der Waals surface area contributed by atoms with Crippen LogP contribution in [0.5, 0.6) is 11.5 Å². The van der Waals surface area contributed by atoms with Crippen LogP contribution in [0, 0.1) is 13.8 Å². The zero-order valence-corrected chi connectivity index (χ0v) is 14.8. The van der Waals surface area contributed by atoms with Gasteiger partial charge >= 0.3 is 5.97 Å². The SMILES string of the molecule is CCOC(=O)c1[nH]c(C)c(CNc2cc(OC)ccc2OC)c1C. The lowest BCUT2D eigenvalue weighted by Crippen LogP contribution is -2.07. The van der Waals surface area contributed by atoms with E-state index in [9.17, 15) is 4.79 Å². The largest absolute Gasteiger partial charge is 0.497 e. The fourth-order valence-electron chi connectivity index (χ4n) is 2.60. The molecule has 6 nitrogen and oxygen atoms in total. The molecule has 1 heterocycles. The highest BCUT2D eigenvalue weighted by Gasteiger charge is 2.18. The van der Waals surface area contributed by atoms with Gasteiger partial charge in [0.25, 0.3) is 0 Å². The van der Waals surface area contributed by atoms with Gasteiger partial charge in [0.1, 0.15) is 17.2 Å². The van der Waals surface area contributed by atoms with Crippen LogP contribution in [-0.2, 0) is 11.3 Å². The summed E-state index contributed by atoms with van der Waals surface area (Å²) < 4.78 is 15.7. The van der Waals surface area contributed by atoms with Crippen molar-refractivity contribution in [1.29, 1.82) is 0 Å². The standard InChI is InChI=1S/C18H24N2O4/c1-6-24-18(21)17-11(2)14(12(3)20-17)10-19-15-9-13(22-4)7-8-16(15)23-5/h7-9,19-20H,6,10H2,1-5H3. The summed E-state index contributed by atoms with van der Waals surface area (Å²) in [6.45, 7) is 6.55. The summed E-state index contributed by atoms with van der Waals surface area (Å²) in [7, 11) is 3.25. The second-order valence-corrected chi connectivity index (χ2v) is 5.37. The first-order valence-electron chi connectivity index (χ1n) is 7.82. The number of hydrogen-bond donors (Lipinski definition) is 2. The molecular formula is C18H24N2O4. The molecule has 2 N–H and O–H groups in total. The lowest BCUT2D eigenvalue weighted by atomic mass is 10.1. The van der Waals surface area contributed by atoms with Crippen LogP contribution in [0.15, 0.2) is 18.2 Å². The predicted molar refractivity (Wildman–Crippen MR) is 93.1 cm³/mol. The van der Waals surface area contributed by atoms with E-state index in [2.05, 4.69) is 10.3 Å². The number of carbonyl (C=O) groups is 1. The minimum absolute atomic E-state index is 0.330. The molecule has 0 bridgehead atoms. The second kappa shape index (κ2) is 7.77. The number of carbonyl (C=O) groups excluding carboxylic acids is 1. The number of aromatic amines is 1. The smallest absolute Gasteiger partial charge is 0.355 e. The van der Waals surface area contributed by atoms with Gasteiger partial charge in [0.15, 0.2) is 0 Å². The fraction of sp³-hybridized carbons (Fsp3) is 0.389. The van der Waals surface area contributed by atoms with Crippen LogP contribution >= 0.6 is 0 Å². The maximum Gasteiger partial charge on any atom is 0.355 e. The molecule has 0 saturated carbocycles. The molecule has 0 aliphatic carbocycles. The van der Waals surface area contributed by atoms with Crippen molar-refractivity contribution >= 4 is 11.7 Å². The Balaban J connectivity index is 2.22. The molecule has 6 heteroatoms. The van der Waals surface area contributed by atoms with Crippen LogP contribution < -0.4 is 14.8 Å². The molecule has 1 aromatic heterocycles. The fourth-order valence-corrected chi connectivity index (χ4v) is 2.60. The van der Waals surface area contributed by atoms with Crippen molar-refractivity contribution < 1.29 is 19.0 Å². The van der Waals surface area contributed by atoms with Gasteiger partial charge in [-0.25, -0.2) is 4.79 Å². The average Bonchev–Trinajstić information content (AvgIpc) is 2.87. The molecule has 24 heavy (non-hydrogen) atoms. The molecule has 1 aromatic carbocycles. The van der Waals surface area contributed by atoms with E-state index in [-0.39, 0.29) is 5.97 Å². The highest BCUT2D eigenvalue weighted by molar-refractivity contribution is 5.89. The van der Waals surface area contributed by atoms with Crippen LogP contribution in [0.1, 0.15) is 34.2 Å². The minimum Gasteiger partial charge on any atom is -0.497 e. The molecule has 0 spiro atoms. The van der Waals surface area contributed by atoms with E-state index in [1.807, 2.05) is 32.0 Å². The third kappa shape index (κ3) is 3.64. The van der Waals surface area contributed by atoms with E-state index in [0.717, 1.165) is 34.0 Å². The molecule has 0 aliphatic rings. The lowest BCUT2D eigenvalue weighted by molar-refractivity contribution is 0.0519. The number of ether oxygens (including phenoxy) is 3. The number of aryl methyl sites for hydroxylation is 1. The van der Waals surface area contributed by atoms with Gasteiger partial charge in [-0.3, -0.25) is 0 Å². The average molecular weight is 332 g/mol. The number of rotatable bonds is 7. The molecule has 0 atom stereocenters. The van der Waals surface area contributed by atoms with E-state index < -0.39 is 0 Å². The monoisotopic (exact) mass is 332 g/mol. The number of anilines is 1. The van der Waals surface area contributed by atoms with Gasteiger partial charge in [0, 0.05) is 18.3 Å². The summed E-state index contributed by atoms with van der Waals surface area (Å²) in [5.41, 5.74) is 4.19. The number of methoxy groups -OCH3 is 2. The lowest BCUT2D eigenvalue weighted by Gasteiger charge is -2.13. The summed E-state index contributed by atoms with van der Waals surface area (Å²) in [4.78, 5) is 15.1. The topological polar surface area (TPSA) is 72.6 Å². The molecule has 0 fully saturated rings. The van der Waals surface area contributed by atoms with Gasteiger partial charge in [-0.15, -0.1) is 0 Å². The van der Waals surface area contributed by atoms with Crippen molar-refractivity contribution in [3.05, 3.63) is 40.7 Å². The molecule has 0 unspecified atom stereocenters. The van der Waals surface area contributed by atoms with Crippen LogP contribution in [0.2, 0.25) is 0 Å². The summed E-state index contributed by atoms with van der Waals surface area (Å²) in [6.07, 6.45) is 0. The third-order valence-electron chi connectivity index (χ3n) is 3.93. The molecule has 2 rings (SSSR count). The highest BCUT2D eigenvalue weighted by Crippen LogP contribution is 2.30. The van der Waals surface area contributed by atoms with Gasteiger partial charge < -0.3 is 24.5 Å². The number of nitrogens with one attached hydrogen (secondary N) is 2. The Labute approximate surface area is 142 Å². The van der Waals surface area contributed by atoms with Gasteiger partial charge in [-0.05, 0) is 44.0 Å². The van der Waals surface area contributed by atoms with E-state index in [1.165, 1.54) is 0 Å². The van der Waals surface area contributed by atoms with E-state index in [1.54, 1.807) is 21.1 Å². The Morgan fingerprint density at radius 3 is 2.58 bits per heavy atom. The van der Waals surface area contributed by atoms with Gasteiger partial charge in [-0.2, -0.15) is 0 Å². The van der Waals surface area contributed by atoms with Crippen molar-refractivity contribution in [2.45, 2.75) is 27.3 Å². The Morgan fingerprint density at radius 1 is 1.21 bits per heavy atom. The van der Waals surface area contributed by atoms with Crippen LogP contribution in [0.3, 0.4) is 0 Å². The van der Waals surface area contributed by atoms with Crippen LogP contribution in [-0.4, -0.2) is 31.8 Å². The summed E-state index contributed by atoms with van der Waals surface area (Å²) >= 11 is 0. The molecule has 0 aliphatic heterocycles. The maximum absolute atomic E-state index is 12.0. The van der Waals surface area contributed by atoms with E-state index in [0.29, 0.717) is 18.8 Å². The van der Waals surface area contributed by atoms with Crippen LogP contribution in [0.4, 0.5) is 5.69 Å². The Bertz CT molecular complexity index is 722. The van der Waals surface area contributed by atoms with Gasteiger partial charge in [0.05, 0.1) is 26.5 Å². The zero-order valence-electron chi connectivity index (χ0n) is 14.8. The molecule has 0 saturated heterocycles. The molecule has 130 valence electrons. The number of H-pyrrole nitrogens is 1. The number of aromatic nitrogens is 1. The zero-order chi connectivity index (χ0) is 17.7. The van der Waals surface area contributed by atoms with Crippen molar-refractivity contribution in [2.75, 3.05) is 26.1 Å². The first-order valence-corrected chi connectivity index (χ1v) is 7.82. The van der Waals surface area contributed by atoms with Crippen molar-refractivity contribution in [1.82, 2.24) is 4.98 Å². The first kappa shape index (κ1) is 17.7. The van der Waals surface area contributed by atoms with Crippen molar-refractivity contribution in [2.24, 2.45) is 0 Å². The summed E-state index contributed by atoms with van der Waals surface area (Å²) in [5, 5.41) is 3.34.